The molecule has 0 heterocycles. The van der Waals surface area contributed by atoms with E-state index in [1.807, 2.05) is 50.4 Å². The Bertz CT molecular complexity index is 720. The van der Waals surface area contributed by atoms with Gasteiger partial charge in [-0.2, -0.15) is 0 Å². The molecule has 0 saturated heterocycles. The minimum atomic E-state index is -0.0710. The van der Waals surface area contributed by atoms with E-state index in [9.17, 15) is 4.79 Å². The molecule has 2 atom stereocenters. The summed E-state index contributed by atoms with van der Waals surface area (Å²) in [6.45, 7) is 2.95. The molecule has 2 N–H and O–H groups in total. The molecule has 0 saturated carbocycles. The number of hydrogen-bond donors (Lipinski definition) is 2. The number of hydrogen-bond acceptors (Lipinski definition) is 2. The van der Waals surface area contributed by atoms with Crippen molar-refractivity contribution in [3.05, 3.63) is 63.6 Å². The zero-order chi connectivity index (χ0) is 18.4. The van der Waals surface area contributed by atoms with Crippen molar-refractivity contribution in [2.45, 2.75) is 19.5 Å². The van der Waals surface area contributed by atoms with Gasteiger partial charge in [-0.05, 0) is 42.8 Å². The Morgan fingerprint density at radius 3 is 2.44 bits per heavy atom. The number of quaternary nitrogens is 1. The Morgan fingerprint density at radius 2 is 1.80 bits per heavy atom. The SMILES string of the molecule is COc1ccc(Cl)cc1C[NH+](C)CC(=O)N[C@H](C)c1ccc(Cl)cc1. The van der Waals surface area contributed by atoms with Gasteiger partial charge in [-0.25, -0.2) is 0 Å². The molecular weight excluding hydrogens is 359 g/mol. The summed E-state index contributed by atoms with van der Waals surface area (Å²) in [6, 6.07) is 12.9. The standard InChI is InChI=1S/C19H22Cl2N2O2/c1-13(14-4-6-16(20)7-5-14)22-19(24)12-23(2)11-15-10-17(21)8-9-18(15)25-3/h4-10,13H,11-12H2,1-3H3,(H,22,24)/p+1/t13-/m1/s1. The number of methoxy groups -OCH3 is 1. The molecule has 0 aliphatic heterocycles. The van der Waals surface area contributed by atoms with Crippen LogP contribution >= 0.6 is 23.2 Å². The quantitative estimate of drug-likeness (QED) is 0.774. The summed E-state index contributed by atoms with van der Waals surface area (Å²) in [4.78, 5) is 13.3. The third-order valence-corrected chi connectivity index (χ3v) is 4.43. The number of rotatable bonds is 7. The van der Waals surface area contributed by atoms with E-state index in [-0.39, 0.29) is 11.9 Å². The van der Waals surface area contributed by atoms with Gasteiger partial charge in [0.2, 0.25) is 0 Å². The lowest BCUT2D eigenvalue weighted by Crippen LogP contribution is -3.08. The summed E-state index contributed by atoms with van der Waals surface area (Å²) >= 11 is 12.0. The van der Waals surface area contributed by atoms with Crippen molar-refractivity contribution in [1.29, 1.82) is 0 Å². The maximum atomic E-state index is 12.3. The van der Waals surface area contributed by atoms with Crippen molar-refractivity contribution >= 4 is 29.1 Å². The monoisotopic (exact) mass is 381 g/mol. The van der Waals surface area contributed by atoms with Gasteiger partial charge in [-0.1, -0.05) is 35.3 Å². The van der Waals surface area contributed by atoms with Crippen molar-refractivity contribution in [2.75, 3.05) is 20.7 Å². The first-order valence-corrected chi connectivity index (χ1v) is 8.83. The molecule has 134 valence electrons. The van der Waals surface area contributed by atoms with E-state index < -0.39 is 0 Å². The number of nitrogens with one attached hydrogen (secondary N) is 2. The highest BCUT2D eigenvalue weighted by Gasteiger charge is 2.16. The molecule has 0 aliphatic rings. The molecule has 0 bridgehead atoms. The topological polar surface area (TPSA) is 42.8 Å². The normalized spacial score (nSPS) is 13.2. The molecule has 2 aromatic rings. The van der Waals surface area contributed by atoms with Crippen LogP contribution in [0, 0.1) is 0 Å². The van der Waals surface area contributed by atoms with Crippen LogP contribution in [0.4, 0.5) is 0 Å². The molecule has 2 rings (SSSR count). The highest BCUT2D eigenvalue weighted by molar-refractivity contribution is 6.30. The van der Waals surface area contributed by atoms with Gasteiger partial charge in [0.05, 0.1) is 20.2 Å². The van der Waals surface area contributed by atoms with E-state index in [1.165, 1.54) is 0 Å². The second-order valence-electron chi connectivity index (χ2n) is 6.11. The molecule has 6 heteroatoms. The molecule has 0 aromatic heterocycles. The van der Waals surface area contributed by atoms with E-state index >= 15 is 0 Å². The van der Waals surface area contributed by atoms with Gasteiger partial charge in [0, 0.05) is 15.6 Å². The van der Waals surface area contributed by atoms with Gasteiger partial charge < -0.3 is 15.0 Å². The van der Waals surface area contributed by atoms with E-state index in [2.05, 4.69) is 5.32 Å². The Hall–Kier alpha value is -1.75. The zero-order valence-electron chi connectivity index (χ0n) is 14.6. The average Bonchev–Trinajstić information content (AvgIpc) is 2.55. The smallest absolute Gasteiger partial charge is 0.275 e. The van der Waals surface area contributed by atoms with E-state index in [4.69, 9.17) is 27.9 Å². The Kier molecular flexibility index (Phi) is 7.12. The molecule has 0 radical (unpaired) electrons. The number of likely N-dealkylation sites (N-methyl/N-ethyl adjacent to an activating group) is 1. The maximum Gasteiger partial charge on any atom is 0.275 e. The maximum absolute atomic E-state index is 12.3. The van der Waals surface area contributed by atoms with E-state index in [1.54, 1.807) is 13.2 Å². The highest BCUT2D eigenvalue weighted by atomic mass is 35.5. The molecule has 0 fully saturated rings. The summed E-state index contributed by atoms with van der Waals surface area (Å²) in [6.07, 6.45) is 0. The van der Waals surface area contributed by atoms with Crippen LogP contribution in [0.15, 0.2) is 42.5 Å². The lowest BCUT2D eigenvalue weighted by molar-refractivity contribution is -0.885. The van der Waals surface area contributed by atoms with Gasteiger partial charge in [0.1, 0.15) is 12.3 Å². The number of ether oxygens (including phenoxy) is 1. The Morgan fingerprint density at radius 1 is 1.16 bits per heavy atom. The summed E-state index contributed by atoms with van der Waals surface area (Å²) in [5, 5.41) is 4.35. The van der Waals surface area contributed by atoms with Crippen LogP contribution in [0.3, 0.4) is 0 Å². The van der Waals surface area contributed by atoms with Gasteiger partial charge in [0.25, 0.3) is 5.91 Å². The number of carbonyl (C=O) groups is 1. The van der Waals surface area contributed by atoms with Crippen molar-refractivity contribution in [3.8, 4) is 5.75 Å². The minimum Gasteiger partial charge on any atom is -0.496 e. The molecule has 0 aliphatic carbocycles. The number of halogens is 2. The summed E-state index contributed by atoms with van der Waals surface area (Å²) in [5.74, 6) is 0.764. The zero-order valence-corrected chi connectivity index (χ0v) is 16.1. The predicted molar refractivity (Wildman–Crippen MR) is 101 cm³/mol. The third kappa shape index (κ3) is 5.92. The largest absolute Gasteiger partial charge is 0.496 e. The lowest BCUT2D eigenvalue weighted by atomic mass is 10.1. The van der Waals surface area contributed by atoms with Crippen molar-refractivity contribution in [3.63, 3.8) is 0 Å². The fourth-order valence-electron chi connectivity index (χ4n) is 2.67. The molecular formula is C19H23Cl2N2O2+. The molecule has 0 spiro atoms. The summed E-state index contributed by atoms with van der Waals surface area (Å²) < 4.78 is 5.35. The number of carbonyl (C=O) groups excluding carboxylic acids is 1. The minimum absolute atomic E-state index is 0.0130. The number of benzene rings is 2. The fourth-order valence-corrected chi connectivity index (χ4v) is 3.00. The molecule has 4 nitrogen and oxygen atoms in total. The van der Waals surface area contributed by atoms with Crippen LogP contribution in [-0.4, -0.2) is 26.6 Å². The van der Waals surface area contributed by atoms with Crippen LogP contribution in [0.1, 0.15) is 24.1 Å². The van der Waals surface area contributed by atoms with Crippen LogP contribution in [0.25, 0.3) is 0 Å². The third-order valence-electron chi connectivity index (χ3n) is 3.94. The fraction of sp³-hybridized carbons (Fsp3) is 0.316. The highest BCUT2D eigenvalue weighted by Crippen LogP contribution is 2.21. The van der Waals surface area contributed by atoms with Crippen molar-refractivity contribution in [2.24, 2.45) is 0 Å². The molecule has 2 aromatic carbocycles. The van der Waals surface area contributed by atoms with Crippen LogP contribution < -0.4 is 15.0 Å². The van der Waals surface area contributed by atoms with E-state index in [0.717, 1.165) is 21.8 Å². The molecule has 1 amide bonds. The van der Waals surface area contributed by atoms with Gasteiger partial charge in [0.15, 0.2) is 6.54 Å². The van der Waals surface area contributed by atoms with Crippen molar-refractivity contribution < 1.29 is 14.4 Å². The summed E-state index contributed by atoms with van der Waals surface area (Å²) in [5.41, 5.74) is 2.00. The van der Waals surface area contributed by atoms with Crippen molar-refractivity contribution in [1.82, 2.24) is 5.32 Å². The second-order valence-corrected chi connectivity index (χ2v) is 6.98. The first kappa shape index (κ1) is 19.6. The van der Waals surface area contributed by atoms with Crippen LogP contribution in [0.2, 0.25) is 10.0 Å². The first-order valence-electron chi connectivity index (χ1n) is 8.07. The first-order chi connectivity index (χ1) is 11.9. The Balaban J connectivity index is 1.91. The van der Waals surface area contributed by atoms with Gasteiger partial charge in [-0.3, -0.25) is 4.79 Å². The lowest BCUT2D eigenvalue weighted by Gasteiger charge is -2.18. The van der Waals surface area contributed by atoms with Crippen LogP contribution in [-0.2, 0) is 11.3 Å². The predicted octanol–water partition coefficient (Wildman–Crippen LogP) is 2.89. The molecule has 1 unspecified atom stereocenters. The Labute approximate surface area is 158 Å². The molecule has 25 heavy (non-hydrogen) atoms. The van der Waals surface area contributed by atoms with Crippen LogP contribution in [0.5, 0.6) is 5.75 Å². The van der Waals surface area contributed by atoms with Gasteiger partial charge in [-0.15, -0.1) is 0 Å². The number of amides is 1. The van der Waals surface area contributed by atoms with Gasteiger partial charge >= 0.3 is 0 Å². The second kappa shape index (κ2) is 9.09. The average molecular weight is 382 g/mol. The van der Waals surface area contributed by atoms with E-state index in [0.29, 0.717) is 23.1 Å². The summed E-state index contributed by atoms with van der Waals surface area (Å²) in [7, 11) is 3.59.